The zero-order chi connectivity index (χ0) is 20.7. The third kappa shape index (κ3) is 5.50. The van der Waals surface area contributed by atoms with Gasteiger partial charge in [-0.15, -0.1) is 0 Å². The van der Waals surface area contributed by atoms with Crippen molar-refractivity contribution < 1.29 is 19.7 Å². The first-order valence-corrected chi connectivity index (χ1v) is 9.88. The van der Waals surface area contributed by atoms with Gasteiger partial charge in [0.25, 0.3) is 0 Å². The summed E-state index contributed by atoms with van der Waals surface area (Å²) in [5.41, 5.74) is 1.64. The number of aromatic nitrogens is 1. The highest BCUT2D eigenvalue weighted by Crippen LogP contribution is 2.22. The van der Waals surface area contributed by atoms with Crippen LogP contribution in [0.4, 0.5) is 0 Å². The van der Waals surface area contributed by atoms with E-state index in [0.29, 0.717) is 13.2 Å². The molecule has 1 aromatic heterocycles. The first kappa shape index (κ1) is 21.2. The lowest BCUT2D eigenvalue weighted by atomic mass is 10.1. The van der Waals surface area contributed by atoms with Crippen molar-refractivity contribution in [3.8, 4) is 11.5 Å². The summed E-state index contributed by atoms with van der Waals surface area (Å²) in [6, 6.07) is 16.2. The average Bonchev–Trinajstić information content (AvgIpc) is 3.16. The Labute approximate surface area is 171 Å². The van der Waals surface area contributed by atoms with Crippen LogP contribution in [0.25, 0.3) is 10.9 Å². The van der Waals surface area contributed by atoms with E-state index in [2.05, 4.69) is 40.2 Å². The van der Waals surface area contributed by atoms with Crippen molar-refractivity contribution >= 4 is 10.9 Å². The van der Waals surface area contributed by atoms with E-state index < -0.39 is 5.54 Å². The van der Waals surface area contributed by atoms with E-state index >= 15 is 0 Å². The summed E-state index contributed by atoms with van der Waals surface area (Å²) in [6.07, 6.45) is 2.87. The third-order valence-corrected chi connectivity index (χ3v) is 5.17. The molecule has 0 bridgehead atoms. The van der Waals surface area contributed by atoms with Crippen molar-refractivity contribution in [3.63, 3.8) is 0 Å². The van der Waals surface area contributed by atoms with Crippen molar-refractivity contribution in [1.82, 2.24) is 9.88 Å². The van der Waals surface area contributed by atoms with E-state index in [0.717, 1.165) is 35.4 Å². The SMILES string of the molecule is COc1ccc(CCOc2ccc3ccn(CCNC(C)(CO)CO)c3c2)cc1. The lowest BCUT2D eigenvalue weighted by Crippen LogP contribution is -2.49. The monoisotopic (exact) mass is 398 g/mol. The maximum atomic E-state index is 9.39. The van der Waals surface area contributed by atoms with Gasteiger partial charge in [-0.3, -0.25) is 0 Å². The summed E-state index contributed by atoms with van der Waals surface area (Å²) in [7, 11) is 1.66. The van der Waals surface area contributed by atoms with E-state index in [1.54, 1.807) is 14.0 Å². The van der Waals surface area contributed by atoms with E-state index in [9.17, 15) is 10.2 Å². The van der Waals surface area contributed by atoms with Crippen LogP contribution < -0.4 is 14.8 Å². The number of hydrogen-bond donors (Lipinski definition) is 3. The summed E-state index contributed by atoms with van der Waals surface area (Å²) in [5.74, 6) is 1.70. The molecule has 0 aliphatic carbocycles. The Morgan fingerprint density at radius 3 is 2.41 bits per heavy atom. The number of nitrogens with one attached hydrogen (secondary N) is 1. The number of aliphatic hydroxyl groups is 2. The van der Waals surface area contributed by atoms with Gasteiger partial charge in [0.15, 0.2) is 0 Å². The highest BCUT2D eigenvalue weighted by Gasteiger charge is 2.20. The molecule has 6 nitrogen and oxygen atoms in total. The number of rotatable bonds is 11. The van der Waals surface area contributed by atoms with Crippen LogP contribution in [0.3, 0.4) is 0 Å². The second-order valence-electron chi connectivity index (χ2n) is 7.48. The predicted octanol–water partition coefficient (Wildman–Crippen LogP) is 2.60. The number of nitrogens with zero attached hydrogens (tertiary/aromatic N) is 1. The van der Waals surface area contributed by atoms with Crippen LogP contribution in [0.5, 0.6) is 11.5 Å². The molecule has 3 N–H and O–H groups in total. The van der Waals surface area contributed by atoms with Gasteiger partial charge in [-0.2, -0.15) is 0 Å². The Balaban J connectivity index is 1.58. The molecule has 0 atom stereocenters. The number of aliphatic hydroxyl groups excluding tert-OH is 2. The Kier molecular flexibility index (Phi) is 7.14. The quantitative estimate of drug-likeness (QED) is 0.463. The highest BCUT2D eigenvalue weighted by atomic mass is 16.5. The molecule has 0 aliphatic heterocycles. The second kappa shape index (κ2) is 9.78. The van der Waals surface area contributed by atoms with Gasteiger partial charge in [0.05, 0.1) is 38.0 Å². The minimum Gasteiger partial charge on any atom is -0.497 e. The fraction of sp³-hybridized carbons (Fsp3) is 0.391. The lowest BCUT2D eigenvalue weighted by Gasteiger charge is -2.26. The van der Waals surface area contributed by atoms with Gasteiger partial charge in [0.1, 0.15) is 11.5 Å². The van der Waals surface area contributed by atoms with Gasteiger partial charge < -0.3 is 29.6 Å². The molecule has 1 heterocycles. The summed E-state index contributed by atoms with van der Waals surface area (Å²) >= 11 is 0. The molecule has 0 saturated heterocycles. The van der Waals surface area contributed by atoms with Crippen molar-refractivity contribution in [3.05, 3.63) is 60.3 Å². The highest BCUT2D eigenvalue weighted by molar-refractivity contribution is 5.81. The molecule has 0 aliphatic rings. The standard InChI is InChI=1S/C23H30N2O4/c1-23(16-26,17-27)24-11-13-25-12-9-19-5-8-21(15-22(19)25)29-14-10-18-3-6-20(28-2)7-4-18/h3-9,12,15,24,26-27H,10-11,13-14,16-17H2,1-2H3. The molecule has 156 valence electrons. The Bertz CT molecular complexity index is 901. The molecule has 29 heavy (non-hydrogen) atoms. The number of benzene rings is 2. The summed E-state index contributed by atoms with van der Waals surface area (Å²) in [5, 5.41) is 23.1. The molecular weight excluding hydrogens is 368 g/mol. The van der Waals surface area contributed by atoms with Crippen LogP contribution in [-0.2, 0) is 13.0 Å². The average molecular weight is 399 g/mol. The van der Waals surface area contributed by atoms with Gasteiger partial charge in [-0.05, 0) is 48.2 Å². The van der Waals surface area contributed by atoms with E-state index in [1.807, 2.05) is 24.4 Å². The number of ether oxygens (including phenoxy) is 2. The van der Waals surface area contributed by atoms with E-state index in [4.69, 9.17) is 9.47 Å². The Hall–Kier alpha value is -2.54. The minimum atomic E-state index is -0.668. The maximum absolute atomic E-state index is 9.39. The first-order chi connectivity index (χ1) is 14.1. The molecule has 2 aromatic carbocycles. The summed E-state index contributed by atoms with van der Waals surface area (Å²) < 4.78 is 13.3. The molecule has 0 unspecified atom stereocenters. The molecule has 3 aromatic rings. The van der Waals surface area contributed by atoms with Crippen LogP contribution in [0, 0.1) is 0 Å². The minimum absolute atomic E-state index is 0.109. The molecule has 0 radical (unpaired) electrons. The van der Waals surface area contributed by atoms with E-state index in [-0.39, 0.29) is 13.2 Å². The van der Waals surface area contributed by atoms with Crippen LogP contribution in [0.2, 0.25) is 0 Å². The van der Waals surface area contributed by atoms with Crippen molar-refractivity contribution in [2.45, 2.75) is 25.4 Å². The van der Waals surface area contributed by atoms with Crippen LogP contribution in [0.15, 0.2) is 54.7 Å². The molecule has 0 saturated carbocycles. The van der Waals surface area contributed by atoms with Crippen LogP contribution >= 0.6 is 0 Å². The Morgan fingerprint density at radius 1 is 1.00 bits per heavy atom. The molecule has 6 heteroatoms. The van der Waals surface area contributed by atoms with Gasteiger partial charge in [0.2, 0.25) is 0 Å². The molecule has 0 amide bonds. The molecule has 3 rings (SSSR count). The first-order valence-electron chi connectivity index (χ1n) is 9.88. The van der Waals surface area contributed by atoms with Crippen LogP contribution in [0.1, 0.15) is 12.5 Å². The molecule has 0 spiro atoms. The molecule has 0 fully saturated rings. The van der Waals surface area contributed by atoms with Gasteiger partial charge >= 0.3 is 0 Å². The summed E-state index contributed by atoms with van der Waals surface area (Å²) in [6.45, 7) is 3.56. The zero-order valence-electron chi connectivity index (χ0n) is 17.1. The number of hydrogen-bond acceptors (Lipinski definition) is 5. The normalized spacial score (nSPS) is 11.7. The maximum Gasteiger partial charge on any atom is 0.121 e. The van der Waals surface area contributed by atoms with Crippen molar-refractivity contribution in [1.29, 1.82) is 0 Å². The van der Waals surface area contributed by atoms with Gasteiger partial charge in [-0.1, -0.05) is 12.1 Å². The number of methoxy groups -OCH3 is 1. The second-order valence-corrected chi connectivity index (χ2v) is 7.48. The predicted molar refractivity (Wildman–Crippen MR) is 115 cm³/mol. The fourth-order valence-electron chi connectivity index (χ4n) is 3.17. The zero-order valence-corrected chi connectivity index (χ0v) is 17.1. The van der Waals surface area contributed by atoms with Crippen LogP contribution in [-0.4, -0.2) is 53.8 Å². The van der Waals surface area contributed by atoms with Crippen molar-refractivity contribution in [2.24, 2.45) is 0 Å². The topological polar surface area (TPSA) is 75.9 Å². The summed E-state index contributed by atoms with van der Waals surface area (Å²) in [4.78, 5) is 0. The fourth-order valence-corrected chi connectivity index (χ4v) is 3.17. The van der Waals surface area contributed by atoms with Gasteiger partial charge in [-0.25, -0.2) is 0 Å². The van der Waals surface area contributed by atoms with E-state index in [1.165, 1.54) is 5.56 Å². The molecular formula is C23H30N2O4. The van der Waals surface area contributed by atoms with Crippen molar-refractivity contribution in [2.75, 3.05) is 33.5 Å². The Morgan fingerprint density at radius 2 is 1.72 bits per heavy atom. The lowest BCUT2D eigenvalue weighted by molar-refractivity contribution is 0.104. The number of fused-ring (bicyclic) bond motifs is 1. The largest absolute Gasteiger partial charge is 0.497 e. The van der Waals surface area contributed by atoms with Gasteiger partial charge in [0, 0.05) is 31.8 Å². The third-order valence-electron chi connectivity index (χ3n) is 5.17. The smallest absolute Gasteiger partial charge is 0.121 e.